The van der Waals surface area contributed by atoms with Crippen molar-refractivity contribution in [3.05, 3.63) is 45.0 Å². The zero-order chi connectivity index (χ0) is 13.1. The van der Waals surface area contributed by atoms with Crippen LogP contribution in [0.2, 0.25) is 0 Å². The Morgan fingerprint density at radius 3 is 2.61 bits per heavy atom. The third kappa shape index (κ3) is 2.36. The Labute approximate surface area is 104 Å². The van der Waals surface area contributed by atoms with Gasteiger partial charge in [0.1, 0.15) is 0 Å². The lowest BCUT2D eigenvalue weighted by Crippen LogP contribution is -2.33. The second-order valence-corrected chi connectivity index (χ2v) is 4.57. The van der Waals surface area contributed by atoms with Crippen molar-refractivity contribution in [2.75, 3.05) is 13.6 Å². The van der Waals surface area contributed by atoms with Crippen LogP contribution in [0.5, 0.6) is 0 Å². The molecule has 0 fully saturated rings. The van der Waals surface area contributed by atoms with Crippen molar-refractivity contribution >= 4 is 10.8 Å². The summed E-state index contributed by atoms with van der Waals surface area (Å²) in [6.07, 6.45) is 0. The van der Waals surface area contributed by atoms with Gasteiger partial charge in [-0.3, -0.25) is 14.7 Å². The van der Waals surface area contributed by atoms with E-state index in [0.29, 0.717) is 17.3 Å². The van der Waals surface area contributed by atoms with E-state index in [1.807, 2.05) is 14.0 Å². The Morgan fingerprint density at radius 2 is 1.94 bits per heavy atom. The molecule has 1 aromatic heterocycles. The molecule has 1 unspecified atom stereocenters. The molecule has 0 bridgehead atoms. The molecule has 5 heteroatoms. The fourth-order valence-corrected chi connectivity index (χ4v) is 2.10. The SMILES string of the molecule is CNCC(C)Cn1[nH]c(=O)c2ccccc2c1=O. The second kappa shape index (κ2) is 5.18. The van der Waals surface area contributed by atoms with Gasteiger partial charge in [0.2, 0.25) is 0 Å². The average molecular weight is 247 g/mol. The zero-order valence-electron chi connectivity index (χ0n) is 10.6. The van der Waals surface area contributed by atoms with E-state index in [9.17, 15) is 9.59 Å². The van der Waals surface area contributed by atoms with E-state index in [0.717, 1.165) is 6.54 Å². The summed E-state index contributed by atoms with van der Waals surface area (Å²) in [6.45, 7) is 3.32. The molecular formula is C13H17N3O2. The fourth-order valence-electron chi connectivity index (χ4n) is 2.10. The van der Waals surface area contributed by atoms with Gasteiger partial charge in [-0.1, -0.05) is 19.1 Å². The molecule has 96 valence electrons. The number of rotatable bonds is 4. The normalized spacial score (nSPS) is 12.8. The average Bonchev–Trinajstić information content (AvgIpc) is 2.36. The maximum Gasteiger partial charge on any atom is 0.273 e. The lowest BCUT2D eigenvalue weighted by Gasteiger charge is -2.13. The number of hydrogen-bond donors (Lipinski definition) is 2. The molecule has 2 N–H and O–H groups in total. The molecule has 0 spiro atoms. The molecular weight excluding hydrogens is 230 g/mol. The molecule has 1 heterocycles. The molecule has 0 saturated heterocycles. The predicted molar refractivity (Wildman–Crippen MR) is 71.9 cm³/mol. The number of fused-ring (bicyclic) bond motifs is 1. The van der Waals surface area contributed by atoms with Crippen molar-refractivity contribution in [1.29, 1.82) is 0 Å². The quantitative estimate of drug-likeness (QED) is 0.829. The number of benzene rings is 1. The minimum absolute atomic E-state index is 0.145. The number of nitrogens with zero attached hydrogens (tertiary/aromatic N) is 1. The van der Waals surface area contributed by atoms with Crippen LogP contribution < -0.4 is 16.4 Å². The Hall–Kier alpha value is -1.88. The Bertz CT molecular complexity index is 657. The second-order valence-electron chi connectivity index (χ2n) is 4.57. The number of aromatic amines is 1. The summed E-state index contributed by atoms with van der Waals surface area (Å²) in [7, 11) is 1.86. The molecule has 0 aliphatic heterocycles. The maximum absolute atomic E-state index is 12.2. The Morgan fingerprint density at radius 1 is 1.28 bits per heavy atom. The lowest BCUT2D eigenvalue weighted by molar-refractivity contribution is 0.421. The van der Waals surface area contributed by atoms with Crippen molar-refractivity contribution in [2.45, 2.75) is 13.5 Å². The number of aromatic nitrogens is 2. The van der Waals surface area contributed by atoms with Crippen molar-refractivity contribution < 1.29 is 0 Å². The van der Waals surface area contributed by atoms with Gasteiger partial charge in [0, 0.05) is 6.54 Å². The van der Waals surface area contributed by atoms with Gasteiger partial charge in [-0.2, -0.15) is 0 Å². The molecule has 2 rings (SSSR count). The Balaban J connectivity index is 2.50. The fraction of sp³-hybridized carbons (Fsp3) is 0.385. The molecule has 0 amide bonds. The molecule has 0 aliphatic rings. The minimum Gasteiger partial charge on any atom is -0.319 e. The van der Waals surface area contributed by atoms with Gasteiger partial charge < -0.3 is 5.32 Å². The first-order chi connectivity index (χ1) is 8.63. The Kier molecular flexibility index (Phi) is 3.62. The molecule has 1 aromatic carbocycles. The summed E-state index contributed by atoms with van der Waals surface area (Å²) in [5.74, 6) is 0.268. The topological polar surface area (TPSA) is 66.9 Å². The molecule has 18 heavy (non-hydrogen) atoms. The maximum atomic E-state index is 12.2. The third-order valence-corrected chi connectivity index (χ3v) is 2.93. The molecule has 2 aromatic rings. The number of H-pyrrole nitrogens is 1. The summed E-state index contributed by atoms with van der Waals surface area (Å²) in [4.78, 5) is 24.1. The van der Waals surface area contributed by atoms with Crippen molar-refractivity contribution in [1.82, 2.24) is 15.1 Å². The standard InChI is InChI=1S/C13H17N3O2/c1-9(7-14-2)8-16-13(18)11-6-4-3-5-10(11)12(17)15-16/h3-6,9,14H,7-8H2,1-2H3,(H,15,17). The van der Waals surface area contributed by atoms with Gasteiger partial charge in [0.15, 0.2) is 0 Å². The first-order valence-corrected chi connectivity index (χ1v) is 6.00. The summed E-state index contributed by atoms with van der Waals surface area (Å²) in [5, 5.41) is 6.60. The van der Waals surface area contributed by atoms with Crippen LogP contribution in [0.3, 0.4) is 0 Å². The monoisotopic (exact) mass is 247 g/mol. The van der Waals surface area contributed by atoms with E-state index in [1.165, 1.54) is 4.68 Å². The first kappa shape index (κ1) is 12.6. The van der Waals surface area contributed by atoms with Crippen molar-refractivity contribution in [3.8, 4) is 0 Å². The minimum atomic E-state index is -0.221. The summed E-state index contributed by atoms with van der Waals surface area (Å²) in [5.41, 5.74) is -0.366. The van der Waals surface area contributed by atoms with Gasteiger partial charge in [-0.25, -0.2) is 4.68 Å². The summed E-state index contributed by atoms with van der Waals surface area (Å²) in [6, 6.07) is 6.87. The van der Waals surface area contributed by atoms with Gasteiger partial charge >= 0.3 is 0 Å². The lowest BCUT2D eigenvalue weighted by atomic mass is 10.1. The first-order valence-electron chi connectivity index (χ1n) is 6.00. The van der Waals surface area contributed by atoms with E-state index in [-0.39, 0.29) is 17.0 Å². The van der Waals surface area contributed by atoms with Gasteiger partial charge in [0.25, 0.3) is 11.1 Å². The highest BCUT2D eigenvalue weighted by Crippen LogP contribution is 2.03. The molecule has 0 radical (unpaired) electrons. The van der Waals surface area contributed by atoms with Crippen molar-refractivity contribution in [2.24, 2.45) is 5.92 Å². The van der Waals surface area contributed by atoms with Gasteiger partial charge in [0.05, 0.1) is 10.8 Å². The van der Waals surface area contributed by atoms with Crippen molar-refractivity contribution in [3.63, 3.8) is 0 Å². The molecule has 0 saturated carbocycles. The van der Waals surface area contributed by atoms with E-state index in [4.69, 9.17) is 0 Å². The highest BCUT2D eigenvalue weighted by molar-refractivity contribution is 5.80. The molecule has 0 aliphatic carbocycles. The van der Waals surface area contributed by atoms with E-state index in [1.54, 1.807) is 24.3 Å². The highest BCUT2D eigenvalue weighted by atomic mass is 16.2. The van der Waals surface area contributed by atoms with Crippen LogP contribution in [0.25, 0.3) is 10.8 Å². The molecule has 5 nitrogen and oxygen atoms in total. The summed E-state index contributed by atoms with van der Waals surface area (Å²) >= 11 is 0. The number of hydrogen-bond acceptors (Lipinski definition) is 3. The molecule has 1 atom stereocenters. The summed E-state index contributed by atoms with van der Waals surface area (Å²) < 4.78 is 1.40. The highest BCUT2D eigenvalue weighted by Gasteiger charge is 2.09. The van der Waals surface area contributed by atoms with Gasteiger partial charge in [-0.05, 0) is 31.6 Å². The largest absolute Gasteiger partial charge is 0.319 e. The van der Waals surface area contributed by atoms with Crippen LogP contribution in [0.15, 0.2) is 33.9 Å². The van der Waals surface area contributed by atoms with Crippen LogP contribution >= 0.6 is 0 Å². The van der Waals surface area contributed by atoms with Crippen LogP contribution in [0.4, 0.5) is 0 Å². The van der Waals surface area contributed by atoms with Gasteiger partial charge in [-0.15, -0.1) is 0 Å². The van der Waals surface area contributed by atoms with Crippen LogP contribution in [-0.2, 0) is 6.54 Å². The van der Waals surface area contributed by atoms with Crippen LogP contribution in [0.1, 0.15) is 6.92 Å². The van der Waals surface area contributed by atoms with Crippen LogP contribution in [-0.4, -0.2) is 23.4 Å². The van der Waals surface area contributed by atoms with E-state index in [2.05, 4.69) is 10.4 Å². The zero-order valence-corrected chi connectivity index (χ0v) is 10.6. The third-order valence-electron chi connectivity index (χ3n) is 2.93. The smallest absolute Gasteiger partial charge is 0.273 e. The number of nitrogens with one attached hydrogen (secondary N) is 2. The predicted octanol–water partition coefficient (Wildman–Crippen LogP) is 0.545. The van der Waals surface area contributed by atoms with E-state index >= 15 is 0 Å². The van der Waals surface area contributed by atoms with Crippen LogP contribution in [0, 0.1) is 5.92 Å². The van der Waals surface area contributed by atoms with E-state index < -0.39 is 0 Å².